The molecule has 5 nitrogen and oxygen atoms in total. The highest BCUT2D eigenvalue weighted by atomic mass is 79.9. The van der Waals surface area contributed by atoms with E-state index in [1.165, 1.54) is 11.6 Å². The second kappa shape index (κ2) is 11.7. The van der Waals surface area contributed by atoms with Gasteiger partial charge in [0.2, 0.25) is 0 Å². The lowest BCUT2D eigenvalue weighted by Crippen LogP contribution is -2.29. The van der Waals surface area contributed by atoms with Crippen LogP contribution in [-0.2, 0) is 16.0 Å². The van der Waals surface area contributed by atoms with Gasteiger partial charge in [-0.2, -0.15) is 0 Å². The maximum Gasteiger partial charge on any atom is 0.352 e. The van der Waals surface area contributed by atoms with Gasteiger partial charge >= 0.3 is 11.9 Å². The first-order valence-corrected chi connectivity index (χ1v) is 11.6. The molecule has 0 radical (unpaired) electrons. The Labute approximate surface area is 202 Å². The molecule has 172 valence electrons. The van der Waals surface area contributed by atoms with Crippen molar-refractivity contribution in [2.24, 2.45) is 0 Å². The van der Waals surface area contributed by atoms with Crippen molar-refractivity contribution in [3.05, 3.63) is 93.5 Å². The molecule has 0 saturated carbocycles. The Morgan fingerprint density at radius 1 is 0.939 bits per heavy atom. The number of hydrogen-bond acceptors (Lipinski definition) is 5. The number of esters is 2. The lowest BCUT2D eigenvalue weighted by atomic mass is 10.1. The van der Waals surface area contributed by atoms with Crippen LogP contribution in [0.3, 0.4) is 0 Å². The number of carbonyl (C=O) groups excluding carboxylic acids is 2. The highest BCUT2D eigenvalue weighted by Gasteiger charge is 2.20. The molecule has 0 aliphatic heterocycles. The smallest absolute Gasteiger partial charge is 0.352 e. The molecule has 6 heteroatoms. The number of halogens is 1. The zero-order valence-corrected chi connectivity index (χ0v) is 20.6. The second-order valence-corrected chi connectivity index (χ2v) is 8.72. The van der Waals surface area contributed by atoms with Crippen LogP contribution in [0.1, 0.15) is 40.4 Å². The van der Waals surface area contributed by atoms with Crippen molar-refractivity contribution < 1.29 is 23.8 Å². The van der Waals surface area contributed by atoms with E-state index in [0.29, 0.717) is 17.9 Å². The van der Waals surface area contributed by atoms with Crippen LogP contribution in [0.2, 0.25) is 0 Å². The molecule has 0 N–H and O–H groups in total. The Bertz CT molecular complexity index is 1090. The van der Waals surface area contributed by atoms with Gasteiger partial charge in [0.05, 0.1) is 12.2 Å². The number of aryl methyl sites for hydroxylation is 3. The molecule has 3 rings (SSSR count). The molecule has 0 heterocycles. The van der Waals surface area contributed by atoms with Gasteiger partial charge in [0.1, 0.15) is 11.5 Å². The Hall–Kier alpha value is -3.12. The van der Waals surface area contributed by atoms with Gasteiger partial charge < -0.3 is 14.2 Å². The largest absolute Gasteiger partial charge is 0.478 e. The molecule has 0 aromatic heterocycles. The highest BCUT2D eigenvalue weighted by molar-refractivity contribution is 9.10. The normalized spacial score (nSPS) is 11.5. The van der Waals surface area contributed by atoms with Gasteiger partial charge in [0.25, 0.3) is 0 Å². The Balaban J connectivity index is 1.53. The average molecular weight is 511 g/mol. The van der Waals surface area contributed by atoms with Crippen LogP contribution < -0.4 is 9.47 Å². The zero-order valence-electron chi connectivity index (χ0n) is 19.0. The van der Waals surface area contributed by atoms with Crippen molar-refractivity contribution in [3.63, 3.8) is 0 Å². The maximum absolute atomic E-state index is 12.6. The molecule has 3 aromatic carbocycles. The molecule has 0 aliphatic rings. The number of hydrogen-bond donors (Lipinski definition) is 0. The van der Waals surface area contributed by atoms with Gasteiger partial charge in [-0.15, -0.1) is 0 Å². The first-order valence-electron chi connectivity index (χ1n) is 10.8. The molecule has 0 fully saturated rings. The third-order valence-corrected chi connectivity index (χ3v) is 5.48. The van der Waals surface area contributed by atoms with Gasteiger partial charge in [0.15, 0.2) is 6.10 Å². The topological polar surface area (TPSA) is 61.8 Å². The summed E-state index contributed by atoms with van der Waals surface area (Å²) in [7, 11) is 0. The molecule has 0 bridgehead atoms. The lowest BCUT2D eigenvalue weighted by Gasteiger charge is -2.18. The molecule has 33 heavy (non-hydrogen) atoms. The van der Waals surface area contributed by atoms with Gasteiger partial charge in [-0.05, 0) is 80.6 Å². The Morgan fingerprint density at radius 3 is 2.33 bits per heavy atom. The summed E-state index contributed by atoms with van der Waals surface area (Å²) < 4.78 is 17.6. The van der Waals surface area contributed by atoms with Crippen LogP contribution in [-0.4, -0.2) is 24.6 Å². The number of ether oxygens (including phenoxy) is 3. The highest BCUT2D eigenvalue weighted by Crippen LogP contribution is 2.28. The average Bonchev–Trinajstić information content (AvgIpc) is 2.79. The van der Waals surface area contributed by atoms with Crippen molar-refractivity contribution in [3.8, 4) is 11.5 Å². The van der Waals surface area contributed by atoms with Crippen molar-refractivity contribution in [1.82, 2.24) is 0 Å². The number of benzene rings is 3. The van der Waals surface area contributed by atoms with Gasteiger partial charge in [0, 0.05) is 4.47 Å². The summed E-state index contributed by atoms with van der Waals surface area (Å²) in [5, 5.41) is 0. The molecule has 0 amide bonds. The third-order valence-electron chi connectivity index (χ3n) is 5.03. The monoisotopic (exact) mass is 510 g/mol. The third kappa shape index (κ3) is 7.19. The van der Waals surface area contributed by atoms with Crippen LogP contribution in [0.5, 0.6) is 11.5 Å². The summed E-state index contributed by atoms with van der Waals surface area (Å²) in [6.07, 6.45) is 0.743. The minimum Gasteiger partial charge on any atom is -0.478 e. The van der Waals surface area contributed by atoms with Crippen molar-refractivity contribution in [1.29, 1.82) is 0 Å². The SMILES string of the molecule is Cc1cc(Br)cc(C)c1OC(C)C(=O)Oc1cccc(C(=O)OCCCc2ccccc2)c1. The summed E-state index contributed by atoms with van der Waals surface area (Å²) in [6, 6.07) is 20.3. The standard InChI is InChI=1S/C27H27BrO5/c1-18-15-23(28)16-19(2)25(18)32-20(3)26(29)33-24-13-7-12-22(17-24)27(30)31-14-8-11-21-9-5-4-6-10-21/h4-7,9-10,12-13,15-17,20H,8,11,14H2,1-3H3. The fourth-order valence-corrected chi connectivity index (χ4v) is 4.05. The molecular formula is C27H27BrO5. The maximum atomic E-state index is 12.6. The fraction of sp³-hybridized carbons (Fsp3) is 0.259. The molecule has 0 saturated heterocycles. The van der Waals surface area contributed by atoms with Crippen LogP contribution in [0, 0.1) is 13.8 Å². The van der Waals surface area contributed by atoms with Crippen molar-refractivity contribution in [2.75, 3.05) is 6.61 Å². The minimum absolute atomic E-state index is 0.262. The summed E-state index contributed by atoms with van der Waals surface area (Å²) in [5.74, 6) is -0.0922. The van der Waals surface area contributed by atoms with E-state index in [0.717, 1.165) is 28.4 Å². The lowest BCUT2D eigenvalue weighted by molar-refractivity contribution is -0.141. The van der Waals surface area contributed by atoms with E-state index in [9.17, 15) is 9.59 Å². The van der Waals surface area contributed by atoms with E-state index in [-0.39, 0.29) is 5.75 Å². The molecule has 3 aromatic rings. The fourth-order valence-electron chi connectivity index (χ4n) is 3.36. The second-order valence-electron chi connectivity index (χ2n) is 7.80. The minimum atomic E-state index is -0.822. The Morgan fingerprint density at radius 2 is 1.64 bits per heavy atom. The summed E-state index contributed by atoms with van der Waals surface area (Å²) >= 11 is 3.45. The Kier molecular flexibility index (Phi) is 8.66. The summed E-state index contributed by atoms with van der Waals surface area (Å²) in [6.45, 7) is 5.78. The summed E-state index contributed by atoms with van der Waals surface area (Å²) in [5.41, 5.74) is 3.36. The van der Waals surface area contributed by atoms with Gasteiger partial charge in [-0.25, -0.2) is 9.59 Å². The summed E-state index contributed by atoms with van der Waals surface area (Å²) in [4.78, 5) is 24.9. The first-order chi connectivity index (χ1) is 15.8. The first kappa shape index (κ1) is 24.5. The van der Waals surface area contributed by atoms with Crippen LogP contribution >= 0.6 is 15.9 Å². The quantitative estimate of drug-likeness (QED) is 0.194. The van der Waals surface area contributed by atoms with E-state index in [4.69, 9.17) is 14.2 Å². The number of carbonyl (C=O) groups is 2. The predicted molar refractivity (Wildman–Crippen MR) is 131 cm³/mol. The molecule has 0 spiro atoms. The van der Waals surface area contributed by atoms with E-state index in [1.807, 2.05) is 56.3 Å². The number of rotatable bonds is 9. The van der Waals surface area contributed by atoms with Gasteiger partial charge in [-0.1, -0.05) is 52.3 Å². The van der Waals surface area contributed by atoms with Crippen LogP contribution in [0.15, 0.2) is 71.2 Å². The van der Waals surface area contributed by atoms with E-state index in [2.05, 4.69) is 15.9 Å². The van der Waals surface area contributed by atoms with Gasteiger partial charge in [-0.3, -0.25) is 0 Å². The van der Waals surface area contributed by atoms with Crippen LogP contribution in [0.25, 0.3) is 0 Å². The van der Waals surface area contributed by atoms with E-state index < -0.39 is 18.0 Å². The van der Waals surface area contributed by atoms with Crippen LogP contribution in [0.4, 0.5) is 0 Å². The van der Waals surface area contributed by atoms with E-state index in [1.54, 1.807) is 25.1 Å². The predicted octanol–water partition coefficient (Wildman–Crippen LogP) is 6.23. The molecule has 1 unspecified atom stereocenters. The molecular weight excluding hydrogens is 484 g/mol. The van der Waals surface area contributed by atoms with Crippen molar-refractivity contribution in [2.45, 2.75) is 39.7 Å². The van der Waals surface area contributed by atoms with Crippen molar-refractivity contribution >= 4 is 27.9 Å². The molecule has 0 aliphatic carbocycles. The molecule has 1 atom stereocenters. The zero-order chi connectivity index (χ0) is 23.8. The van der Waals surface area contributed by atoms with E-state index >= 15 is 0 Å².